The van der Waals surface area contributed by atoms with Crippen LogP contribution in [-0.2, 0) is 14.3 Å². The third-order valence-corrected chi connectivity index (χ3v) is 3.77. The maximum Gasteiger partial charge on any atom is 0.328 e. The normalized spacial score (nSPS) is 13.5. The SMILES string of the molecule is COC(=O)C(C)NC(=O)C(C)Sc1ccc(Cl)cc1. The van der Waals surface area contributed by atoms with Crippen molar-refractivity contribution in [2.24, 2.45) is 0 Å². The van der Waals surface area contributed by atoms with E-state index in [1.54, 1.807) is 26.0 Å². The Labute approximate surface area is 121 Å². The second-order valence-electron chi connectivity index (χ2n) is 3.97. The lowest BCUT2D eigenvalue weighted by Gasteiger charge is -2.15. The lowest BCUT2D eigenvalue weighted by Crippen LogP contribution is -2.42. The van der Waals surface area contributed by atoms with Gasteiger partial charge in [-0.05, 0) is 38.1 Å². The Balaban J connectivity index is 2.53. The van der Waals surface area contributed by atoms with Crippen LogP contribution in [0.15, 0.2) is 29.2 Å². The van der Waals surface area contributed by atoms with E-state index in [1.165, 1.54) is 18.9 Å². The number of ether oxygens (including phenoxy) is 1. The van der Waals surface area contributed by atoms with E-state index in [0.717, 1.165) is 4.90 Å². The van der Waals surface area contributed by atoms with Crippen LogP contribution in [0, 0.1) is 0 Å². The lowest BCUT2D eigenvalue weighted by atomic mass is 10.3. The summed E-state index contributed by atoms with van der Waals surface area (Å²) in [7, 11) is 1.29. The predicted octanol–water partition coefficient (Wildman–Crippen LogP) is 2.50. The van der Waals surface area contributed by atoms with Crippen molar-refractivity contribution < 1.29 is 14.3 Å². The maximum atomic E-state index is 11.9. The molecule has 104 valence electrons. The summed E-state index contributed by atoms with van der Waals surface area (Å²) in [5.74, 6) is -0.671. The first-order valence-electron chi connectivity index (χ1n) is 5.74. The number of nitrogens with one attached hydrogen (secondary N) is 1. The number of halogens is 1. The molecule has 0 fully saturated rings. The van der Waals surface area contributed by atoms with Gasteiger partial charge < -0.3 is 10.1 Å². The Hall–Kier alpha value is -1.20. The molecule has 19 heavy (non-hydrogen) atoms. The summed E-state index contributed by atoms with van der Waals surface area (Å²) >= 11 is 7.19. The third-order valence-electron chi connectivity index (χ3n) is 2.41. The van der Waals surface area contributed by atoms with Crippen molar-refractivity contribution in [3.05, 3.63) is 29.3 Å². The Kier molecular flexibility index (Phi) is 6.18. The van der Waals surface area contributed by atoms with Crippen LogP contribution < -0.4 is 5.32 Å². The standard InChI is InChI=1S/C13H16ClNO3S/c1-8(13(17)18-3)15-12(16)9(2)19-11-6-4-10(14)5-7-11/h4-9H,1-3H3,(H,15,16). The van der Waals surface area contributed by atoms with Crippen molar-refractivity contribution in [1.82, 2.24) is 5.32 Å². The molecule has 0 bridgehead atoms. The molecule has 0 saturated carbocycles. The summed E-state index contributed by atoms with van der Waals surface area (Å²) in [5, 5.41) is 2.94. The molecule has 1 aromatic rings. The smallest absolute Gasteiger partial charge is 0.328 e. The fourth-order valence-corrected chi connectivity index (χ4v) is 2.34. The van der Waals surface area contributed by atoms with E-state index in [-0.39, 0.29) is 11.2 Å². The van der Waals surface area contributed by atoms with Gasteiger partial charge in [-0.25, -0.2) is 4.79 Å². The first-order valence-corrected chi connectivity index (χ1v) is 7.00. The van der Waals surface area contributed by atoms with Crippen molar-refractivity contribution in [2.45, 2.75) is 30.0 Å². The van der Waals surface area contributed by atoms with Crippen molar-refractivity contribution >= 4 is 35.2 Å². The van der Waals surface area contributed by atoms with Crippen molar-refractivity contribution in [3.8, 4) is 0 Å². The van der Waals surface area contributed by atoms with Gasteiger partial charge in [0.05, 0.1) is 12.4 Å². The largest absolute Gasteiger partial charge is 0.467 e. The van der Waals surface area contributed by atoms with Crippen LogP contribution in [-0.4, -0.2) is 30.3 Å². The minimum absolute atomic E-state index is 0.210. The highest BCUT2D eigenvalue weighted by Crippen LogP contribution is 2.24. The molecule has 2 unspecified atom stereocenters. The van der Waals surface area contributed by atoms with Crippen LogP contribution in [0.25, 0.3) is 0 Å². The lowest BCUT2D eigenvalue weighted by molar-refractivity contribution is -0.144. The summed E-state index contributed by atoms with van der Waals surface area (Å²) in [6.45, 7) is 3.36. The first kappa shape index (κ1) is 15.9. The van der Waals surface area contributed by atoms with E-state index in [0.29, 0.717) is 5.02 Å². The molecule has 1 amide bonds. The number of hydrogen-bond acceptors (Lipinski definition) is 4. The zero-order valence-corrected chi connectivity index (χ0v) is 12.5. The van der Waals surface area contributed by atoms with Gasteiger partial charge in [0, 0.05) is 9.92 Å². The number of thioether (sulfide) groups is 1. The molecule has 1 rings (SSSR count). The van der Waals surface area contributed by atoms with Crippen molar-refractivity contribution in [3.63, 3.8) is 0 Å². The Morgan fingerprint density at radius 2 is 1.84 bits per heavy atom. The van der Waals surface area contributed by atoms with E-state index in [1.807, 2.05) is 12.1 Å². The monoisotopic (exact) mass is 301 g/mol. The minimum atomic E-state index is -0.647. The quantitative estimate of drug-likeness (QED) is 0.670. The summed E-state index contributed by atoms with van der Waals surface area (Å²) in [4.78, 5) is 24.0. The second-order valence-corrected chi connectivity index (χ2v) is 5.82. The highest BCUT2D eigenvalue weighted by molar-refractivity contribution is 8.00. The number of hydrogen-bond donors (Lipinski definition) is 1. The summed E-state index contributed by atoms with van der Waals surface area (Å²) in [5.41, 5.74) is 0. The minimum Gasteiger partial charge on any atom is -0.467 e. The van der Waals surface area contributed by atoms with Gasteiger partial charge in [0.2, 0.25) is 5.91 Å². The van der Waals surface area contributed by atoms with E-state index in [2.05, 4.69) is 10.1 Å². The predicted molar refractivity (Wildman–Crippen MR) is 76.4 cm³/mol. The molecule has 6 heteroatoms. The molecule has 1 aromatic carbocycles. The summed E-state index contributed by atoms with van der Waals surface area (Å²) in [6, 6.07) is 6.59. The van der Waals surface area contributed by atoms with Crippen LogP contribution in [0.5, 0.6) is 0 Å². The van der Waals surface area contributed by atoms with Gasteiger partial charge in [0.25, 0.3) is 0 Å². The van der Waals surface area contributed by atoms with E-state index in [9.17, 15) is 9.59 Å². The van der Waals surface area contributed by atoms with E-state index >= 15 is 0 Å². The zero-order chi connectivity index (χ0) is 14.4. The molecular formula is C13H16ClNO3S. The maximum absolute atomic E-state index is 11.9. The van der Waals surface area contributed by atoms with Gasteiger partial charge in [-0.15, -0.1) is 11.8 Å². The number of rotatable bonds is 5. The topological polar surface area (TPSA) is 55.4 Å². The van der Waals surface area contributed by atoms with E-state index < -0.39 is 12.0 Å². The second kappa shape index (κ2) is 7.40. The zero-order valence-electron chi connectivity index (χ0n) is 11.0. The highest BCUT2D eigenvalue weighted by Gasteiger charge is 2.20. The van der Waals surface area contributed by atoms with Crippen LogP contribution in [0.2, 0.25) is 5.02 Å². The van der Waals surface area contributed by atoms with E-state index in [4.69, 9.17) is 11.6 Å². The molecule has 0 aromatic heterocycles. The molecule has 4 nitrogen and oxygen atoms in total. The number of carbonyl (C=O) groups excluding carboxylic acids is 2. The number of benzene rings is 1. The van der Waals surface area contributed by atoms with Crippen molar-refractivity contribution in [2.75, 3.05) is 7.11 Å². The number of esters is 1. The molecule has 0 aliphatic carbocycles. The molecule has 2 atom stereocenters. The average molecular weight is 302 g/mol. The third kappa shape index (κ3) is 5.12. The van der Waals surface area contributed by atoms with Gasteiger partial charge in [0.1, 0.15) is 6.04 Å². The van der Waals surface area contributed by atoms with Gasteiger partial charge in [-0.2, -0.15) is 0 Å². The van der Waals surface area contributed by atoms with Crippen LogP contribution in [0.1, 0.15) is 13.8 Å². The highest BCUT2D eigenvalue weighted by atomic mass is 35.5. The Morgan fingerprint density at radius 3 is 2.37 bits per heavy atom. The molecule has 0 aliphatic rings. The van der Waals surface area contributed by atoms with Crippen LogP contribution in [0.3, 0.4) is 0 Å². The Bertz CT molecular complexity index is 450. The number of amides is 1. The molecule has 0 saturated heterocycles. The molecule has 0 spiro atoms. The molecule has 0 aliphatic heterocycles. The van der Waals surface area contributed by atoms with Crippen LogP contribution >= 0.6 is 23.4 Å². The molecule has 0 radical (unpaired) electrons. The number of methoxy groups -OCH3 is 1. The van der Waals surface area contributed by atoms with Crippen molar-refractivity contribution in [1.29, 1.82) is 0 Å². The molecule has 1 N–H and O–H groups in total. The average Bonchev–Trinajstić information content (AvgIpc) is 2.40. The summed E-state index contributed by atoms with van der Waals surface area (Å²) in [6.07, 6.45) is 0. The van der Waals surface area contributed by atoms with Gasteiger partial charge in [-0.1, -0.05) is 11.6 Å². The van der Waals surface area contributed by atoms with Gasteiger partial charge >= 0.3 is 5.97 Å². The molecule has 0 heterocycles. The fraction of sp³-hybridized carbons (Fsp3) is 0.385. The first-order chi connectivity index (χ1) is 8.93. The molecular weight excluding hydrogens is 286 g/mol. The Morgan fingerprint density at radius 1 is 1.26 bits per heavy atom. The summed E-state index contributed by atoms with van der Waals surface area (Å²) < 4.78 is 4.55. The number of carbonyl (C=O) groups is 2. The van der Waals surface area contributed by atoms with Gasteiger partial charge in [0.15, 0.2) is 0 Å². The van der Waals surface area contributed by atoms with Gasteiger partial charge in [-0.3, -0.25) is 4.79 Å². The van der Waals surface area contributed by atoms with Crippen LogP contribution in [0.4, 0.5) is 0 Å². The fourth-order valence-electron chi connectivity index (χ4n) is 1.34.